The standard InChI is InChI=1S/C12H20O4/c1-5-15-10(13)8-6-7-9-11(14)16-12(2,3)4/h5H,1,6-9H2,2-4H3. The van der Waals surface area contributed by atoms with Crippen LogP contribution in [0.5, 0.6) is 0 Å². The van der Waals surface area contributed by atoms with Crippen LogP contribution in [0.25, 0.3) is 0 Å². The minimum atomic E-state index is -0.446. The molecule has 0 aromatic heterocycles. The van der Waals surface area contributed by atoms with E-state index in [1.807, 2.05) is 20.8 Å². The second-order valence-corrected chi connectivity index (χ2v) is 4.45. The lowest BCUT2D eigenvalue weighted by Gasteiger charge is -2.19. The Labute approximate surface area is 96.6 Å². The number of carbonyl (C=O) groups excluding carboxylic acids is 2. The van der Waals surface area contributed by atoms with Crippen LogP contribution in [0.4, 0.5) is 0 Å². The Kier molecular flexibility index (Phi) is 6.46. The molecule has 0 fully saturated rings. The molecule has 16 heavy (non-hydrogen) atoms. The predicted octanol–water partition coefficient (Wildman–Crippen LogP) is 2.58. The van der Waals surface area contributed by atoms with Crippen LogP contribution in [0.2, 0.25) is 0 Å². The zero-order chi connectivity index (χ0) is 12.6. The Hall–Kier alpha value is -1.32. The van der Waals surface area contributed by atoms with Crippen molar-refractivity contribution < 1.29 is 19.1 Å². The fraction of sp³-hybridized carbons (Fsp3) is 0.667. The molecule has 0 rings (SSSR count). The molecule has 0 aliphatic heterocycles. The molecule has 0 aliphatic rings. The van der Waals surface area contributed by atoms with E-state index in [0.29, 0.717) is 25.7 Å². The van der Waals surface area contributed by atoms with Gasteiger partial charge in [-0.15, -0.1) is 0 Å². The Bertz CT molecular complexity index is 250. The summed E-state index contributed by atoms with van der Waals surface area (Å²) in [6.45, 7) is 8.76. The Morgan fingerprint density at radius 1 is 1.12 bits per heavy atom. The highest BCUT2D eigenvalue weighted by molar-refractivity contribution is 5.71. The largest absolute Gasteiger partial charge is 0.460 e. The Morgan fingerprint density at radius 2 is 1.62 bits per heavy atom. The van der Waals surface area contributed by atoms with Gasteiger partial charge in [0, 0.05) is 12.8 Å². The van der Waals surface area contributed by atoms with E-state index in [-0.39, 0.29) is 11.9 Å². The van der Waals surface area contributed by atoms with E-state index in [1.54, 1.807) is 0 Å². The summed E-state index contributed by atoms with van der Waals surface area (Å²) in [5.74, 6) is -0.552. The highest BCUT2D eigenvalue weighted by atomic mass is 16.6. The van der Waals surface area contributed by atoms with Gasteiger partial charge >= 0.3 is 11.9 Å². The van der Waals surface area contributed by atoms with Crippen LogP contribution in [-0.4, -0.2) is 17.5 Å². The number of esters is 2. The van der Waals surface area contributed by atoms with Crippen LogP contribution in [-0.2, 0) is 19.1 Å². The van der Waals surface area contributed by atoms with E-state index in [9.17, 15) is 9.59 Å². The van der Waals surface area contributed by atoms with Gasteiger partial charge in [0.1, 0.15) is 5.60 Å². The van der Waals surface area contributed by atoms with Gasteiger partial charge < -0.3 is 9.47 Å². The normalized spacial score (nSPS) is 10.7. The van der Waals surface area contributed by atoms with Crippen molar-refractivity contribution in [3.8, 4) is 0 Å². The van der Waals surface area contributed by atoms with Gasteiger partial charge in [-0.1, -0.05) is 6.58 Å². The number of hydrogen-bond acceptors (Lipinski definition) is 4. The number of rotatable bonds is 6. The summed E-state index contributed by atoms with van der Waals surface area (Å²) < 4.78 is 9.66. The molecular formula is C12H20O4. The van der Waals surface area contributed by atoms with Gasteiger partial charge in [0.05, 0.1) is 6.26 Å². The molecule has 0 unspecified atom stereocenters. The number of unbranched alkanes of at least 4 members (excludes halogenated alkanes) is 1. The SMILES string of the molecule is C=COC(=O)CCCCC(=O)OC(C)(C)C. The van der Waals surface area contributed by atoms with Crippen LogP contribution in [0.1, 0.15) is 46.5 Å². The third-order valence-electron chi connectivity index (χ3n) is 1.65. The summed E-state index contributed by atoms with van der Waals surface area (Å²) in [6, 6.07) is 0. The van der Waals surface area contributed by atoms with Crippen LogP contribution in [0.15, 0.2) is 12.8 Å². The van der Waals surface area contributed by atoms with Crippen LogP contribution in [0, 0.1) is 0 Å². The van der Waals surface area contributed by atoms with E-state index in [4.69, 9.17) is 4.74 Å². The van der Waals surface area contributed by atoms with Gasteiger partial charge in [0.2, 0.25) is 0 Å². The maximum Gasteiger partial charge on any atom is 0.310 e. The van der Waals surface area contributed by atoms with Crippen LogP contribution in [0.3, 0.4) is 0 Å². The lowest BCUT2D eigenvalue weighted by molar-refractivity contribution is -0.155. The lowest BCUT2D eigenvalue weighted by atomic mass is 10.1. The molecule has 0 spiro atoms. The number of ether oxygens (including phenoxy) is 2. The third-order valence-corrected chi connectivity index (χ3v) is 1.65. The molecule has 0 N–H and O–H groups in total. The topological polar surface area (TPSA) is 52.6 Å². The van der Waals surface area contributed by atoms with Crippen molar-refractivity contribution in [2.75, 3.05) is 0 Å². The monoisotopic (exact) mass is 228 g/mol. The number of hydrogen-bond donors (Lipinski definition) is 0. The van der Waals surface area contributed by atoms with E-state index in [2.05, 4.69) is 11.3 Å². The maximum atomic E-state index is 11.3. The molecule has 4 nitrogen and oxygen atoms in total. The summed E-state index contributed by atoms with van der Waals surface area (Å²) >= 11 is 0. The first-order valence-electron chi connectivity index (χ1n) is 5.37. The fourth-order valence-corrected chi connectivity index (χ4v) is 1.08. The molecular weight excluding hydrogens is 208 g/mol. The van der Waals surface area contributed by atoms with Gasteiger partial charge in [0.15, 0.2) is 0 Å². The van der Waals surface area contributed by atoms with E-state index in [1.165, 1.54) is 0 Å². The molecule has 4 heteroatoms. The zero-order valence-corrected chi connectivity index (χ0v) is 10.2. The third kappa shape index (κ3) is 9.24. The molecule has 0 heterocycles. The molecule has 0 bridgehead atoms. The second kappa shape index (κ2) is 7.04. The van der Waals surface area contributed by atoms with E-state index in [0.717, 1.165) is 6.26 Å². The molecule has 0 saturated heterocycles. The van der Waals surface area contributed by atoms with Gasteiger partial charge in [0.25, 0.3) is 0 Å². The summed E-state index contributed by atoms with van der Waals surface area (Å²) in [4.78, 5) is 22.2. The van der Waals surface area contributed by atoms with E-state index >= 15 is 0 Å². The first-order valence-corrected chi connectivity index (χ1v) is 5.37. The lowest BCUT2D eigenvalue weighted by Crippen LogP contribution is -2.23. The summed E-state index contributed by atoms with van der Waals surface area (Å²) in [5.41, 5.74) is -0.446. The van der Waals surface area contributed by atoms with Crippen molar-refractivity contribution in [1.82, 2.24) is 0 Å². The quantitative estimate of drug-likeness (QED) is 0.398. The highest BCUT2D eigenvalue weighted by Crippen LogP contribution is 2.10. The van der Waals surface area contributed by atoms with Crippen LogP contribution < -0.4 is 0 Å². The fourth-order valence-electron chi connectivity index (χ4n) is 1.08. The van der Waals surface area contributed by atoms with Crippen molar-refractivity contribution >= 4 is 11.9 Å². The van der Waals surface area contributed by atoms with Gasteiger partial charge in [-0.25, -0.2) is 0 Å². The van der Waals surface area contributed by atoms with Gasteiger partial charge in [-0.3, -0.25) is 9.59 Å². The highest BCUT2D eigenvalue weighted by Gasteiger charge is 2.15. The molecule has 0 saturated carbocycles. The molecule has 0 atom stereocenters. The Morgan fingerprint density at radius 3 is 2.06 bits per heavy atom. The summed E-state index contributed by atoms with van der Waals surface area (Å²) in [6.07, 6.45) is 2.98. The molecule has 0 radical (unpaired) electrons. The summed E-state index contributed by atoms with van der Waals surface area (Å²) in [7, 11) is 0. The number of carbonyl (C=O) groups is 2. The molecule has 0 amide bonds. The minimum Gasteiger partial charge on any atom is -0.460 e. The average molecular weight is 228 g/mol. The molecule has 0 aromatic rings. The minimum absolute atomic E-state index is 0.232. The van der Waals surface area contributed by atoms with Crippen LogP contribution >= 0.6 is 0 Å². The zero-order valence-electron chi connectivity index (χ0n) is 10.2. The molecule has 92 valence electrons. The first-order chi connectivity index (χ1) is 7.35. The van der Waals surface area contributed by atoms with Gasteiger partial charge in [-0.2, -0.15) is 0 Å². The van der Waals surface area contributed by atoms with Crippen molar-refractivity contribution in [2.45, 2.75) is 52.1 Å². The van der Waals surface area contributed by atoms with Crippen molar-refractivity contribution in [3.63, 3.8) is 0 Å². The first kappa shape index (κ1) is 14.7. The smallest absolute Gasteiger partial charge is 0.310 e. The average Bonchev–Trinajstić information content (AvgIpc) is 2.10. The van der Waals surface area contributed by atoms with Crippen molar-refractivity contribution in [3.05, 3.63) is 12.8 Å². The van der Waals surface area contributed by atoms with Crippen molar-refractivity contribution in [2.24, 2.45) is 0 Å². The van der Waals surface area contributed by atoms with Gasteiger partial charge in [-0.05, 0) is 33.6 Å². The molecule has 0 aliphatic carbocycles. The van der Waals surface area contributed by atoms with Crippen molar-refractivity contribution in [1.29, 1.82) is 0 Å². The predicted molar refractivity (Wildman–Crippen MR) is 60.6 cm³/mol. The maximum absolute atomic E-state index is 11.3. The second-order valence-electron chi connectivity index (χ2n) is 4.45. The Balaban J connectivity index is 3.56. The summed E-state index contributed by atoms with van der Waals surface area (Å²) in [5, 5.41) is 0. The van der Waals surface area contributed by atoms with E-state index < -0.39 is 5.60 Å². The molecule has 0 aromatic carbocycles.